The number of aliphatic hydroxyl groups is 1. The monoisotopic (exact) mass is 167 g/mol. The van der Waals surface area contributed by atoms with E-state index in [0.717, 1.165) is 5.56 Å². The number of nitrogens with zero attached hydrogens (tertiary/aromatic N) is 1. The van der Waals surface area contributed by atoms with E-state index >= 15 is 0 Å². The molecule has 0 saturated carbocycles. The van der Waals surface area contributed by atoms with Gasteiger partial charge in [-0.15, -0.1) is 0 Å². The van der Waals surface area contributed by atoms with Crippen molar-refractivity contribution in [2.24, 2.45) is 0 Å². The van der Waals surface area contributed by atoms with E-state index in [0.29, 0.717) is 0 Å². The van der Waals surface area contributed by atoms with Crippen LogP contribution in [-0.4, -0.2) is 27.3 Å². The highest BCUT2D eigenvalue weighted by Crippen LogP contribution is 2.01. The van der Waals surface area contributed by atoms with Crippen LogP contribution in [0.15, 0.2) is 24.5 Å². The molecule has 1 atom stereocenters. The van der Waals surface area contributed by atoms with Crippen LogP contribution in [-0.2, 0) is 11.2 Å². The van der Waals surface area contributed by atoms with Crippen molar-refractivity contribution in [3.05, 3.63) is 30.1 Å². The zero-order valence-electron chi connectivity index (χ0n) is 6.34. The zero-order valence-corrected chi connectivity index (χ0v) is 6.34. The molecular weight excluding hydrogens is 158 g/mol. The van der Waals surface area contributed by atoms with Gasteiger partial charge < -0.3 is 10.2 Å². The van der Waals surface area contributed by atoms with Crippen molar-refractivity contribution < 1.29 is 15.0 Å². The highest BCUT2D eigenvalue weighted by molar-refractivity contribution is 5.72. The third-order valence-electron chi connectivity index (χ3n) is 1.46. The van der Waals surface area contributed by atoms with E-state index in [1.807, 2.05) is 0 Å². The van der Waals surface area contributed by atoms with Crippen molar-refractivity contribution in [3.63, 3.8) is 0 Å². The fourth-order valence-corrected chi connectivity index (χ4v) is 0.829. The van der Waals surface area contributed by atoms with Crippen LogP contribution in [0.3, 0.4) is 0 Å². The molecule has 0 unspecified atom stereocenters. The van der Waals surface area contributed by atoms with Crippen molar-refractivity contribution in [3.8, 4) is 0 Å². The lowest BCUT2D eigenvalue weighted by Crippen LogP contribution is -2.21. The lowest BCUT2D eigenvalue weighted by atomic mass is 10.1. The Morgan fingerprint density at radius 1 is 1.50 bits per heavy atom. The minimum absolute atomic E-state index is 0.123. The second kappa shape index (κ2) is 3.82. The molecule has 1 aromatic heterocycles. The summed E-state index contributed by atoms with van der Waals surface area (Å²) in [7, 11) is 0. The van der Waals surface area contributed by atoms with E-state index in [-0.39, 0.29) is 6.42 Å². The van der Waals surface area contributed by atoms with Crippen LogP contribution in [0, 0.1) is 0 Å². The average molecular weight is 167 g/mol. The van der Waals surface area contributed by atoms with Crippen molar-refractivity contribution in [1.29, 1.82) is 0 Å². The molecular formula is C8H9NO3. The number of aromatic nitrogens is 1. The van der Waals surface area contributed by atoms with Gasteiger partial charge in [0.25, 0.3) is 0 Å². The minimum Gasteiger partial charge on any atom is -0.479 e. The van der Waals surface area contributed by atoms with Crippen molar-refractivity contribution in [2.45, 2.75) is 12.5 Å². The number of carbonyl (C=O) groups is 1. The Bertz CT molecular complexity index is 260. The molecule has 1 aromatic rings. The van der Waals surface area contributed by atoms with Crippen LogP contribution in [0.25, 0.3) is 0 Å². The summed E-state index contributed by atoms with van der Waals surface area (Å²) >= 11 is 0. The predicted molar refractivity (Wildman–Crippen MR) is 41.6 cm³/mol. The van der Waals surface area contributed by atoms with E-state index in [2.05, 4.69) is 4.98 Å². The largest absolute Gasteiger partial charge is 0.479 e. The fraction of sp³-hybridized carbons (Fsp3) is 0.250. The van der Waals surface area contributed by atoms with Gasteiger partial charge in [-0.2, -0.15) is 0 Å². The topological polar surface area (TPSA) is 70.4 Å². The molecule has 0 aromatic carbocycles. The number of carboxylic acid groups (broad SMARTS) is 1. The Hall–Kier alpha value is -1.42. The predicted octanol–water partition coefficient (Wildman–Crippen LogP) is 0.0696. The van der Waals surface area contributed by atoms with Gasteiger partial charge in [0.2, 0.25) is 0 Å². The average Bonchev–Trinajstić information content (AvgIpc) is 2.06. The van der Waals surface area contributed by atoms with Crippen LogP contribution in [0.2, 0.25) is 0 Å². The molecule has 0 aliphatic heterocycles. The molecule has 12 heavy (non-hydrogen) atoms. The maximum atomic E-state index is 10.2. The normalized spacial score (nSPS) is 12.4. The first-order valence-corrected chi connectivity index (χ1v) is 3.50. The number of aliphatic carboxylic acids is 1. The summed E-state index contributed by atoms with van der Waals surface area (Å²) in [5, 5.41) is 17.3. The molecule has 0 bridgehead atoms. The highest BCUT2D eigenvalue weighted by atomic mass is 16.4. The maximum absolute atomic E-state index is 10.2. The number of carboxylic acids is 1. The number of rotatable bonds is 3. The molecule has 1 rings (SSSR count). The smallest absolute Gasteiger partial charge is 0.332 e. The Morgan fingerprint density at radius 2 is 2.08 bits per heavy atom. The van der Waals surface area contributed by atoms with Crippen LogP contribution >= 0.6 is 0 Å². The lowest BCUT2D eigenvalue weighted by Gasteiger charge is -2.03. The summed E-state index contributed by atoms with van der Waals surface area (Å²) in [5.74, 6) is -1.20. The first-order chi connectivity index (χ1) is 5.70. The molecule has 0 saturated heterocycles. The number of aliphatic hydroxyl groups excluding tert-OH is 1. The zero-order chi connectivity index (χ0) is 8.97. The van der Waals surface area contributed by atoms with Gasteiger partial charge in [0, 0.05) is 18.8 Å². The second-order valence-corrected chi connectivity index (χ2v) is 2.41. The SMILES string of the molecule is O=C(O)[C@H](O)Cc1ccncc1. The maximum Gasteiger partial charge on any atom is 0.332 e. The van der Waals surface area contributed by atoms with Gasteiger partial charge in [0.1, 0.15) is 0 Å². The lowest BCUT2D eigenvalue weighted by molar-refractivity contribution is -0.146. The van der Waals surface area contributed by atoms with Gasteiger partial charge in [0.05, 0.1) is 0 Å². The number of hydrogen-bond acceptors (Lipinski definition) is 3. The molecule has 0 spiro atoms. The van der Waals surface area contributed by atoms with Gasteiger partial charge in [-0.25, -0.2) is 4.79 Å². The summed E-state index contributed by atoms with van der Waals surface area (Å²) in [6.45, 7) is 0. The van der Waals surface area contributed by atoms with E-state index < -0.39 is 12.1 Å². The molecule has 4 heteroatoms. The summed E-state index contributed by atoms with van der Waals surface area (Å²) in [4.78, 5) is 14.0. The summed E-state index contributed by atoms with van der Waals surface area (Å²) in [6, 6.07) is 3.35. The summed E-state index contributed by atoms with van der Waals surface area (Å²) < 4.78 is 0. The van der Waals surface area contributed by atoms with Crippen LogP contribution in [0.5, 0.6) is 0 Å². The van der Waals surface area contributed by atoms with Crippen LogP contribution in [0.4, 0.5) is 0 Å². The summed E-state index contributed by atoms with van der Waals surface area (Å²) in [5.41, 5.74) is 0.764. The van der Waals surface area contributed by atoms with Crippen LogP contribution in [0.1, 0.15) is 5.56 Å². The quantitative estimate of drug-likeness (QED) is 0.668. The Morgan fingerprint density at radius 3 is 2.58 bits per heavy atom. The molecule has 0 amide bonds. The first-order valence-electron chi connectivity index (χ1n) is 3.50. The van der Waals surface area contributed by atoms with Gasteiger partial charge in [0.15, 0.2) is 6.10 Å². The summed E-state index contributed by atoms with van der Waals surface area (Å²) in [6.07, 6.45) is 1.92. The van der Waals surface area contributed by atoms with E-state index in [4.69, 9.17) is 10.2 Å². The van der Waals surface area contributed by atoms with Crippen LogP contribution < -0.4 is 0 Å². The number of hydrogen-bond donors (Lipinski definition) is 2. The second-order valence-electron chi connectivity index (χ2n) is 2.41. The highest BCUT2D eigenvalue weighted by Gasteiger charge is 2.12. The third-order valence-corrected chi connectivity index (χ3v) is 1.46. The molecule has 0 fully saturated rings. The molecule has 0 radical (unpaired) electrons. The van der Waals surface area contributed by atoms with Crippen molar-refractivity contribution >= 4 is 5.97 Å². The van der Waals surface area contributed by atoms with Gasteiger partial charge in [-0.3, -0.25) is 4.98 Å². The third kappa shape index (κ3) is 2.32. The Balaban J connectivity index is 2.58. The minimum atomic E-state index is -1.33. The van der Waals surface area contributed by atoms with E-state index in [1.165, 1.54) is 0 Å². The molecule has 64 valence electrons. The van der Waals surface area contributed by atoms with E-state index in [1.54, 1.807) is 24.5 Å². The standard InChI is InChI=1S/C8H9NO3/c10-7(8(11)12)5-6-1-3-9-4-2-6/h1-4,7,10H,5H2,(H,11,12)/t7-/m1/s1. The molecule has 2 N–H and O–H groups in total. The molecule has 0 aliphatic rings. The first kappa shape index (κ1) is 8.67. The van der Waals surface area contributed by atoms with Gasteiger partial charge in [-0.05, 0) is 17.7 Å². The Labute approximate surface area is 69.5 Å². The molecule has 1 heterocycles. The van der Waals surface area contributed by atoms with Crippen molar-refractivity contribution in [2.75, 3.05) is 0 Å². The Kier molecular flexibility index (Phi) is 2.76. The van der Waals surface area contributed by atoms with Gasteiger partial charge >= 0.3 is 5.97 Å². The number of pyridine rings is 1. The molecule has 0 aliphatic carbocycles. The molecule has 4 nitrogen and oxygen atoms in total. The van der Waals surface area contributed by atoms with E-state index in [9.17, 15) is 4.79 Å². The fourth-order valence-electron chi connectivity index (χ4n) is 0.829. The van der Waals surface area contributed by atoms with Crippen molar-refractivity contribution in [1.82, 2.24) is 4.98 Å². The van der Waals surface area contributed by atoms with Gasteiger partial charge in [-0.1, -0.05) is 0 Å².